The molecule has 1 fully saturated rings. The minimum absolute atomic E-state index is 0.455. The molecule has 1 aromatic rings. The van der Waals surface area contributed by atoms with Crippen molar-refractivity contribution in [2.75, 3.05) is 0 Å². The van der Waals surface area contributed by atoms with Crippen LogP contribution in [0.25, 0.3) is 0 Å². The van der Waals surface area contributed by atoms with E-state index in [1.807, 2.05) is 0 Å². The monoisotopic (exact) mass is 181 g/mol. The Kier molecular flexibility index (Phi) is 2.31. The fourth-order valence-electron chi connectivity index (χ4n) is 1.12. The topological polar surface area (TPSA) is 51.0 Å². The SMILES string of the molecule is CC(C)NCc1nnc(C2CC2)o1. The molecule has 4 nitrogen and oxygen atoms in total. The number of hydrogen-bond acceptors (Lipinski definition) is 4. The molecule has 2 rings (SSSR count). The Balaban J connectivity index is 1.89. The van der Waals surface area contributed by atoms with E-state index in [4.69, 9.17) is 4.42 Å². The van der Waals surface area contributed by atoms with Crippen LogP contribution in [0.5, 0.6) is 0 Å². The number of nitrogens with one attached hydrogen (secondary N) is 1. The molecule has 0 aromatic carbocycles. The van der Waals surface area contributed by atoms with Gasteiger partial charge in [-0.25, -0.2) is 0 Å². The van der Waals surface area contributed by atoms with E-state index < -0.39 is 0 Å². The van der Waals surface area contributed by atoms with Crippen LogP contribution in [-0.4, -0.2) is 16.2 Å². The van der Waals surface area contributed by atoms with Crippen LogP contribution in [0.3, 0.4) is 0 Å². The smallest absolute Gasteiger partial charge is 0.230 e. The van der Waals surface area contributed by atoms with Gasteiger partial charge < -0.3 is 9.73 Å². The summed E-state index contributed by atoms with van der Waals surface area (Å²) in [4.78, 5) is 0. The van der Waals surface area contributed by atoms with Crippen molar-refractivity contribution >= 4 is 0 Å². The predicted octanol–water partition coefficient (Wildman–Crippen LogP) is 1.44. The van der Waals surface area contributed by atoms with Crippen LogP contribution in [0.15, 0.2) is 4.42 Å². The van der Waals surface area contributed by atoms with Gasteiger partial charge in [0.05, 0.1) is 6.54 Å². The number of nitrogens with zero attached hydrogens (tertiary/aromatic N) is 2. The van der Waals surface area contributed by atoms with Gasteiger partial charge in [-0.05, 0) is 12.8 Å². The van der Waals surface area contributed by atoms with Gasteiger partial charge in [-0.1, -0.05) is 13.8 Å². The van der Waals surface area contributed by atoms with Gasteiger partial charge in [0.1, 0.15) is 0 Å². The van der Waals surface area contributed by atoms with Crippen LogP contribution in [0.4, 0.5) is 0 Å². The van der Waals surface area contributed by atoms with E-state index in [-0.39, 0.29) is 0 Å². The van der Waals surface area contributed by atoms with Crippen molar-refractivity contribution in [3.05, 3.63) is 11.8 Å². The molecule has 1 heterocycles. The summed E-state index contributed by atoms with van der Waals surface area (Å²) < 4.78 is 5.47. The second kappa shape index (κ2) is 3.46. The highest BCUT2D eigenvalue weighted by Gasteiger charge is 2.29. The summed E-state index contributed by atoms with van der Waals surface area (Å²) in [6.45, 7) is 4.87. The average molecular weight is 181 g/mol. The van der Waals surface area contributed by atoms with E-state index >= 15 is 0 Å². The summed E-state index contributed by atoms with van der Waals surface area (Å²) in [7, 11) is 0. The third kappa shape index (κ3) is 2.28. The zero-order valence-corrected chi connectivity index (χ0v) is 8.08. The zero-order chi connectivity index (χ0) is 9.26. The summed E-state index contributed by atoms with van der Waals surface area (Å²) in [5.41, 5.74) is 0. The lowest BCUT2D eigenvalue weighted by atomic mass is 10.4. The second-order valence-corrected chi connectivity index (χ2v) is 3.84. The zero-order valence-electron chi connectivity index (χ0n) is 8.08. The Morgan fingerprint density at radius 3 is 2.85 bits per heavy atom. The lowest BCUT2D eigenvalue weighted by molar-refractivity contribution is 0.422. The molecule has 0 aliphatic heterocycles. The number of aromatic nitrogens is 2. The summed E-state index contributed by atoms with van der Waals surface area (Å²) >= 11 is 0. The molecule has 0 saturated heterocycles. The first-order valence-corrected chi connectivity index (χ1v) is 4.81. The second-order valence-electron chi connectivity index (χ2n) is 3.84. The summed E-state index contributed by atoms with van der Waals surface area (Å²) in [6, 6.07) is 0.455. The standard InChI is InChI=1S/C9H15N3O/c1-6(2)10-5-8-11-12-9(13-8)7-3-4-7/h6-7,10H,3-5H2,1-2H3. The molecule has 0 atom stereocenters. The van der Waals surface area contributed by atoms with Gasteiger partial charge in [-0.2, -0.15) is 0 Å². The number of rotatable bonds is 4. The lowest BCUT2D eigenvalue weighted by Gasteiger charge is -2.03. The Morgan fingerprint density at radius 1 is 1.46 bits per heavy atom. The minimum Gasteiger partial charge on any atom is -0.424 e. The summed E-state index contributed by atoms with van der Waals surface area (Å²) in [6.07, 6.45) is 2.42. The van der Waals surface area contributed by atoms with Crippen LogP contribution in [-0.2, 0) is 6.54 Å². The van der Waals surface area contributed by atoms with Crippen LogP contribution >= 0.6 is 0 Å². The molecule has 1 aliphatic carbocycles. The van der Waals surface area contributed by atoms with Crippen molar-refractivity contribution in [3.8, 4) is 0 Å². The lowest BCUT2D eigenvalue weighted by Crippen LogP contribution is -2.21. The first kappa shape index (κ1) is 8.69. The highest BCUT2D eigenvalue weighted by Crippen LogP contribution is 2.38. The predicted molar refractivity (Wildman–Crippen MR) is 48.2 cm³/mol. The van der Waals surface area contributed by atoms with Crippen molar-refractivity contribution in [2.45, 2.75) is 45.2 Å². The molecular weight excluding hydrogens is 166 g/mol. The van der Waals surface area contributed by atoms with Gasteiger partial charge in [0, 0.05) is 12.0 Å². The van der Waals surface area contributed by atoms with Gasteiger partial charge in [0.2, 0.25) is 11.8 Å². The summed E-state index contributed by atoms with van der Waals surface area (Å²) in [5, 5.41) is 11.2. The van der Waals surface area contributed by atoms with Gasteiger partial charge in [0.25, 0.3) is 0 Å². The maximum Gasteiger partial charge on any atom is 0.230 e. The molecule has 0 amide bonds. The van der Waals surface area contributed by atoms with Gasteiger partial charge in [-0.3, -0.25) is 0 Å². The molecule has 0 unspecified atom stereocenters. The fraction of sp³-hybridized carbons (Fsp3) is 0.778. The van der Waals surface area contributed by atoms with E-state index in [1.165, 1.54) is 12.8 Å². The molecule has 13 heavy (non-hydrogen) atoms. The van der Waals surface area contributed by atoms with Crippen molar-refractivity contribution in [3.63, 3.8) is 0 Å². The molecular formula is C9H15N3O. The van der Waals surface area contributed by atoms with Crippen LogP contribution in [0.2, 0.25) is 0 Å². The highest BCUT2D eigenvalue weighted by atomic mass is 16.4. The molecule has 72 valence electrons. The van der Waals surface area contributed by atoms with E-state index in [9.17, 15) is 0 Å². The Morgan fingerprint density at radius 2 is 2.23 bits per heavy atom. The van der Waals surface area contributed by atoms with Gasteiger partial charge in [0.15, 0.2) is 0 Å². The molecule has 0 bridgehead atoms. The maximum absolute atomic E-state index is 5.47. The van der Waals surface area contributed by atoms with Crippen LogP contribution in [0, 0.1) is 0 Å². The fourth-order valence-corrected chi connectivity index (χ4v) is 1.12. The molecule has 1 saturated carbocycles. The molecule has 1 aromatic heterocycles. The van der Waals surface area contributed by atoms with Crippen molar-refractivity contribution < 1.29 is 4.42 Å². The van der Waals surface area contributed by atoms with Crippen molar-refractivity contribution in [1.82, 2.24) is 15.5 Å². The van der Waals surface area contributed by atoms with Gasteiger partial charge >= 0.3 is 0 Å². The highest BCUT2D eigenvalue weighted by molar-refractivity contribution is 4.99. The molecule has 1 aliphatic rings. The van der Waals surface area contributed by atoms with Crippen molar-refractivity contribution in [1.29, 1.82) is 0 Å². The molecule has 1 N–H and O–H groups in total. The average Bonchev–Trinajstić information content (AvgIpc) is 2.83. The minimum atomic E-state index is 0.455. The van der Waals surface area contributed by atoms with Crippen LogP contribution < -0.4 is 5.32 Å². The van der Waals surface area contributed by atoms with E-state index in [0.29, 0.717) is 24.4 Å². The van der Waals surface area contributed by atoms with Crippen molar-refractivity contribution in [2.24, 2.45) is 0 Å². The first-order chi connectivity index (χ1) is 6.25. The Hall–Kier alpha value is -0.900. The normalized spacial score (nSPS) is 16.8. The Bertz CT molecular complexity index is 278. The van der Waals surface area contributed by atoms with Gasteiger partial charge in [-0.15, -0.1) is 10.2 Å². The number of hydrogen-bond donors (Lipinski definition) is 1. The van der Waals surface area contributed by atoms with E-state index in [1.54, 1.807) is 0 Å². The van der Waals surface area contributed by atoms with Crippen LogP contribution in [0.1, 0.15) is 44.4 Å². The molecule has 0 radical (unpaired) electrons. The maximum atomic E-state index is 5.47. The summed E-state index contributed by atoms with van der Waals surface area (Å²) in [5.74, 6) is 2.08. The Labute approximate surface area is 77.7 Å². The third-order valence-corrected chi connectivity index (χ3v) is 2.07. The largest absolute Gasteiger partial charge is 0.424 e. The van der Waals surface area contributed by atoms with E-state index in [0.717, 1.165) is 5.89 Å². The molecule has 4 heteroatoms. The molecule has 0 spiro atoms. The third-order valence-electron chi connectivity index (χ3n) is 2.07. The first-order valence-electron chi connectivity index (χ1n) is 4.81. The van der Waals surface area contributed by atoms with E-state index in [2.05, 4.69) is 29.4 Å². The quantitative estimate of drug-likeness (QED) is 0.763.